The van der Waals surface area contributed by atoms with Gasteiger partial charge in [-0.15, -0.1) is 0 Å². The first-order chi connectivity index (χ1) is 9.76. The van der Waals surface area contributed by atoms with Crippen LogP contribution in [0.25, 0.3) is 0 Å². The fraction of sp³-hybridized carbons (Fsp3) is 0.667. The van der Waals surface area contributed by atoms with E-state index >= 15 is 0 Å². The summed E-state index contributed by atoms with van der Waals surface area (Å²) in [5, 5.41) is 9.11. The number of nitrogens with two attached hydrogens (primary N) is 1. The van der Waals surface area contributed by atoms with Crippen LogP contribution in [0, 0.1) is 12.8 Å². The van der Waals surface area contributed by atoms with Crippen molar-refractivity contribution in [3.8, 4) is 0 Å². The minimum Gasteiger partial charge on any atom is -0.337 e. The molecule has 1 aliphatic heterocycles. The van der Waals surface area contributed by atoms with Gasteiger partial charge < -0.3 is 4.90 Å². The van der Waals surface area contributed by atoms with Crippen LogP contribution in [0.1, 0.15) is 29.0 Å². The number of aromatic nitrogens is 2. The van der Waals surface area contributed by atoms with Crippen LogP contribution >= 0.6 is 0 Å². The number of hydrogen-bond donors (Lipinski definition) is 2. The maximum Gasteiger partial charge on any atom is 0.274 e. The largest absolute Gasteiger partial charge is 0.337 e. The van der Waals surface area contributed by atoms with E-state index in [-0.39, 0.29) is 18.4 Å². The zero-order chi connectivity index (χ0) is 15.6. The van der Waals surface area contributed by atoms with Crippen molar-refractivity contribution in [2.75, 3.05) is 19.6 Å². The Morgan fingerprint density at radius 1 is 1.57 bits per heavy atom. The van der Waals surface area contributed by atoms with Gasteiger partial charge in [-0.1, -0.05) is 0 Å². The molecule has 0 spiro atoms. The van der Waals surface area contributed by atoms with E-state index in [1.165, 1.54) is 0 Å². The van der Waals surface area contributed by atoms with Crippen molar-refractivity contribution in [1.82, 2.24) is 19.4 Å². The quantitative estimate of drug-likeness (QED) is 0.771. The number of carbonyl (C=O) groups excluding carboxylic acids is 1. The molecule has 0 aromatic carbocycles. The highest BCUT2D eigenvalue weighted by Gasteiger charge is 2.26. The number of nitrogens with zero attached hydrogens (tertiary/aromatic N) is 3. The third-order valence-electron chi connectivity index (χ3n) is 3.60. The van der Waals surface area contributed by atoms with Crippen molar-refractivity contribution < 1.29 is 13.2 Å². The van der Waals surface area contributed by atoms with Gasteiger partial charge in [0.1, 0.15) is 5.69 Å². The van der Waals surface area contributed by atoms with Crippen molar-refractivity contribution in [2.45, 2.75) is 19.8 Å². The molecule has 0 aliphatic carbocycles. The minimum absolute atomic E-state index is 0.0709. The van der Waals surface area contributed by atoms with Gasteiger partial charge in [-0.3, -0.25) is 9.48 Å². The molecule has 3 N–H and O–H groups in total. The molecule has 0 radical (unpaired) electrons. The molecule has 1 atom stereocenters. The third kappa shape index (κ3) is 4.26. The molecule has 1 saturated heterocycles. The lowest BCUT2D eigenvalue weighted by atomic mass is 9.98. The smallest absolute Gasteiger partial charge is 0.274 e. The summed E-state index contributed by atoms with van der Waals surface area (Å²) in [6.07, 6.45) is 1.72. The Morgan fingerprint density at radius 3 is 2.86 bits per heavy atom. The molecular formula is C12H21N5O3S. The van der Waals surface area contributed by atoms with Crippen LogP contribution in [0.15, 0.2) is 6.07 Å². The Labute approximate surface area is 124 Å². The van der Waals surface area contributed by atoms with Crippen molar-refractivity contribution in [3.63, 3.8) is 0 Å². The lowest BCUT2D eigenvalue weighted by molar-refractivity contribution is 0.0665. The average molecular weight is 315 g/mol. The summed E-state index contributed by atoms with van der Waals surface area (Å²) >= 11 is 0. The molecule has 1 unspecified atom stereocenters. The van der Waals surface area contributed by atoms with Gasteiger partial charge in [0.2, 0.25) is 0 Å². The number of hydrogen-bond acceptors (Lipinski definition) is 4. The highest BCUT2D eigenvalue weighted by molar-refractivity contribution is 7.87. The van der Waals surface area contributed by atoms with Gasteiger partial charge in [0.25, 0.3) is 16.1 Å². The van der Waals surface area contributed by atoms with Crippen LogP contribution in [0.5, 0.6) is 0 Å². The van der Waals surface area contributed by atoms with Gasteiger partial charge in [0.15, 0.2) is 0 Å². The average Bonchev–Trinajstić information content (AvgIpc) is 2.74. The lowest BCUT2D eigenvalue weighted by Crippen LogP contribution is -2.45. The summed E-state index contributed by atoms with van der Waals surface area (Å²) in [5.74, 6) is 0.00811. The van der Waals surface area contributed by atoms with E-state index in [1.807, 2.05) is 6.92 Å². The number of likely N-dealkylation sites (tertiary alicyclic amines) is 1. The van der Waals surface area contributed by atoms with Crippen LogP contribution in [0.4, 0.5) is 0 Å². The van der Waals surface area contributed by atoms with Gasteiger partial charge in [0, 0.05) is 26.7 Å². The zero-order valence-electron chi connectivity index (χ0n) is 12.2. The molecule has 1 aliphatic rings. The first kappa shape index (κ1) is 15.9. The third-order valence-corrected chi connectivity index (χ3v) is 4.17. The first-order valence-corrected chi connectivity index (χ1v) is 8.38. The number of aryl methyl sites for hydroxylation is 2. The van der Waals surface area contributed by atoms with E-state index < -0.39 is 10.2 Å². The molecule has 0 saturated carbocycles. The number of carbonyl (C=O) groups is 1. The van der Waals surface area contributed by atoms with E-state index in [2.05, 4.69) is 9.82 Å². The topological polar surface area (TPSA) is 110 Å². The molecule has 1 amide bonds. The Balaban J connectivity index is 2.00. The second kappa shape index (κ2) is 6.12. The van der Waals surface area contributed by atoms with Crippen molar-refractivity contribution in [1.29, 1.82) is 0 Å². The monoisotopic (exact) mass is 315 g/mol. The maximum absolute atomic E-state index is 12.5. The van der Waals surface area contributed by atoms with E-state index in [0.29, 0.717) is 18.8 Å². The van der Waals surface area contributed by atoms with Crippen molar-refractivity contribution in [2.24, 2.45) is 18.1 Å². The predicted molar refractivity (Wildman–Crippen MR) is 77.7 cm³/mol. The van der Waals surface area contributed by atoms with Gasteiger partial charge in [-0.05, 0) is 31.7 Å². The Kier molecular flexibility index (Phi) is 4.64. The first-order valence-electron chi connectivity index (χ1n) is 6.83. The molecule has 1 aromatic rings. The molecule has 2 rings (SSSR count). The molecule has 9 heteroatoms. The second-order valence-electron chi connectivity index (χ2n) is 5.45. The van der Waals surface area contributed by atoms with E-state index in [4.69, 9.17) is 5.14 Å². The molecule has 2 heterocycles. The van der Waals surface area contributed by atoms with E-state index in [1.54, 1.807) is 22.7 Å². The SMILES string of the molecule is Cc1cc(C(=O)N2CCCC(CNS(N)(=O)=O)C2)n(C)n1. The molecule has 1 aromatic heterocycles. The van der Waals surface area contributed by atoms with Crippen LogP contribution < -0.4 is 9.86 Å². The Bertz CT molecular complexity index is 625. The number of nitrogens with one attached hydrogen (secondary N) is 1. The summed E-state index contributed by atoms with van der Waals surface area (Å²) in [7, 11) is -1.94. The number of amides is 1. The molecular weight excluding hydrogens is 294 g/mol. The second-order valence-corrected chi connectivity index (χ2v) is 6.83. The van der Waals surface area contributed by atoms with E-state index in [0.717, 1.165) is 18.5 Å². The molecule has 8 nitrogen and oxygen atoms in total. The number of rotatable bonds is 4. The molecule has 21 heavy (non-hydrogen) atoms. The molecule has 118 valence electrons. The van der Waals surface area contributed by atoms with Crippen LogP contribution in [-0.4, -0.2) is 48.6 Å². The predicted octanol–water partition coefficient (Wildman–Crippen LogP) is -0.626. The van der Waals surface area contributed by atoms with Gasteiger partial charge in [0.05, 0.1) is 5.69 Å². The Morgan fingerprint density at radius 2 is 2.29 bits per heavy atom. The van der Waals surface area contributed by atoms with Crippen LogP contribution in [0.2, 0.25) is 0 Å². The van der Waals surface area contributed by atoms with Crippen molar-refractivity contribution in [3.05, 3.63) is 17.5 Å². The number of piperidine rings is 1. The van der Waals surface area contributed by atoms with Crippen molar-refractivity contribution >= 4 is 16.1 Å². The minimum atomic E-state index is -3.68. The molecule has 1 fully saturated rings. The van der Waals surface area contributed by atoms with Gasteiger partial charge in [-0.25, -0.2) is 9.86 Å². The summed E-state index contributed by atoms with van der Waals surface area (Å²) in [5.41, 5.74) is 1.35. The fourth-order valence-electron chi connectivity index (χ4n) is 2.62. The Hall–Kier alpha value is -1.45. The highest BCUT2D eigenvalue weighted by Crippen LogP contribution is 2.18. The fourth-order valence-corrected chi connectivity index (χ4v) is 3.09. The van der Waals surface area contributed by atoms with Crippen LogP contribution in [-0.2, 0) is 17.3 Å². The highest BCUT2D eigenvalue weighted by atomic mass is 32.2. The zero-order valence-corrected chi connectivity index (χ0v) is 13.1. The lowest BCUT2D eigenvalue weighted by Gasteiger charge is -2.32. The standard InChI is InChI=1S/C12H21N5O3S/c1-9-6-11(16(2)15-9)12(18)17-5-3-4-10(8-17)7-14-21(13,19)20/h6,10,14H,3-5,7-8H2,1-2H3,(H2,13,19,20). The summed E-state index contributed by atoms with van der Waals surface area (Å²) in [4.78, 5) is 14.2. The normalized spacial score (nSPS) is 19.8. The van der Waals surface area contributed by atoms with E-state index in [9.17, 15) is 13.2 Å². The summed E-state index contributed by atoms with van der Waals surface area (Å²) in [6, 6.07) is 1.76. The van der Waals surface area contributed by atoms with Crippen LogP contribution in [0.3, 0.4) is 0 Å². The van der Waals surface area contributed by atoms with Gasteiger partial charge in [-0.2, -0.15) is 13.5 Å². The van der Waals surface area contributed by atoms with Gasteiger partial charge >= 0.3 is 0 Å². The summed E-state index contributed by atoms with van der Waals surface area (Å²) in [6.45, 7) is 3.29. The summed E-state index contributed by atoms with van der Waals surface area (Å²) < 4.78 is 25.7. The molecule has 0 bridgehead atoms. The maximum atomic E-state index is 12.5.